The molecule has 0 aliphatic heterocycles. The van der Waals surface area contributed by atoms with Crippen LogP contribution < -0.4 is 11.1 Å². The van der Waals surface area contributed by atoms with Gasteiger partial charge in [-0.05, 0) is 55.0 Å². The third-order valence-electron chi connectivity index (χ3n) is 4.69. The van der Waals surface area contributed by atoms with Gasteiger partial charge in [-0.25, -0.2) is 0 Å². The number of rotatable bonds is 5. The molecule has 8 nitrogen and oxygen atoms in total. The van der Waals surface area contributed by atoms with Crippen LogP contribution >= 0.6 is 0 Å². The normalized spacial score (nSPS) is 10.8. The number of hydrogen-bond acceptors (Lipinski definition) is 5. The molecule has 150 valence electrons. The minimum Gasteiger partial charge on any atom is -0.505 e. The summed E-state index contributed by atoms with van der Waals surface area (Å²) in [7, 11) is 0. The highest BCUT2D eigenvalue weighted by Crippen LogP contribution is 2.28. The topological polar surface area (TPSA) is 123 Å². The second kappa shape index (κ2) is 7.67. The van der Waals surface area contributed by atoms with Crippen LogP contribution in [0.2, 0.25) is 0 Å². The first-order chi connectivity index (χ1) is 14.4. The van der Waals surface area contributed by atoms with Crippen LogP contribution in [-0.2, 0) is 6.54 Å². The summed E-state index contributed by atoms with van der Waals surface area (Å²) in [6.45, 7) is 2.00. The van der Waals surface area contributed by atoms with E-state index in [0.717, 1.165) is 5.56 Å². The fraction of sp³-hybridized carbons (Fsp3) is 0.0909. The Labute approximate surface area is 171 Å². The number of aromatic nitrogens is 3. The first-order valence-electron chi connectivity index (χ1n) is 9.25. The lowest BCUT2D eigenvalue weighted by molar-refractivity contribution is 0.0948. The van der Waals surface area contributed by atoms with Gasteiger partial charge in [-0.2, -0.15) is 0 Å². The SMILES string of the molecule is Cc1cc(CNC(=O)c2ccc(C(N)=O)cc2)c(O)c(-n2nc3ccccc3n2)c1. The zero-order valence-electron chi connectivity index (χ0n) is 16.2. The molecule has 0 spiro atoms. The average molecular weight is 401 g/mol. The van der Waals surface area contributed by atoms with E-state index in [1.165, 1.54) is 29.1 Å². The van der Waals surface area contributed by atoms with Crippen LogP contribution in [0.15, 0.2) is 60.7 Å². The van der Waals surface area contributed by atoms with Gasteiger partial charge in [0, 0.05) is 23.2 Å². The van der Waals surface area contributed by atoms with E-state index in [-0.39, 0.29) is 18.2 Å². The van der Waals surface area contributed by atoms with Crippen LogP contribution in [0.3, 0.4) is 0 Å². The molecule has 0 aliphatic carbocycles. The molecule has 0 atom stereocenters. The molecule has 30 heavy (non-hydrogen) atoms. The van der Waals surface area contributed by atoms with Gasteiger partial charge in [-0.1, -0.05) is 18.2 Å². The maximum absolute atomic E-state index is 12.4. The summed E-state index contributed by atoms with van der Waals surface area (Å²) >= 11 is 0. The van der Waals surface area contributed by atoms with Gasteiger partial charge in [0.25, 0.3) is 5.91 Å². The molecule has 4 aromatic rings. The predicted molar refractivity (Wildman–Crippen MR) is 111 cm³/mol. The monoisotopic (exact) mass is 401 g/mol. The zero-order chi connectivity index (χ0) is 21.3. The smallest absolute Gasteiger partial charge is 0.251 e. The first kappa shape index (κ1) is 19.1. The summed E-state index contributed by atoms with van der Waals surface area (Å²) < 4.78 is 0. The fourth-order valence-corrected chi connectivity index (χ4v) is 3.15. The lowest BCUT2D eigenvalue weighted by Crippen LogP contribution is -2.23. The Balaban J connectivity index is 1.57. The summed E-state index contributed by atoms with van der Waals surface area (Å²) in [5.74, 6) is -0.902. The number of phenols is 1. The molecule has 0 fully saturated rings. The van der Waals surface area contributed by atoms with Gasteiger partial charge < -0.3 is 16.2 Å². The third kappa shape index (κ3) is 3.70. The van der Waals surface area contributed by atoms with Crippen molar-refractivity contribution in [1.29, 1.82) is 0 Å². The van der Waals surface area contributed by atoms with Gasteiger partial charge >= 0.3 is 0 Å². The number of nitrogens with one attached hydrogen (secondary N) is 1. The number of nitrogens with zero attached hydrogens (tertiary/aromatic N) is 3. The van der Waals surface area contributed by atoms with Crippen molar-refractivity contribution in [2.75, 3.05) is 0 Å². The van der Waals surface area contributed by atoms with Crippen LogP contribution in [0.25, 0.3) is 16.7 Å². The lowest BCUT2D eigenvalue weighted by atomic mass is 10.1. The Morgan fingerprint density at radius 2 is 1.60 bits per heavy atom. The highest BCUT2D eigenvalue weighted by Gasteiger charge is 2.15. The molecule has 0 saturated heterocycles. The van der Waals surface area contributed by atoms with Crippen LogP contribution in [-0.4, -0.2) is 31.9 Å². The van der Waals surface area contributed by atoms with E-state index in [1.54, 1.807) is 12.1 Å². The summed E-state index contributed by atoms with van der Waals surface area (Å²) in [5, 5.41) is 22.4. The molecule has 0 aliphatic rings. The molecular formula is C22H19N5O3. The number of fused-ring (bicyclic) bond motifs is 1. The minimum absolute atomic E-state index is 0.00900. The summed E-state index contributed by atoms with van der Waals surface area (Å²) in [6.07, 6.45) is 0. The number of nitrogens with two attached hydrogens (primary N) is 1. The van der Waals surface area contributed by atoms with Gasteiger partial charge in [0.1, 0.15) is 22.5 Å². The Kier molecular flexibility index (Phi) is 4.89. The van der Waals surface area contributed by atoms with Gasteiger partial charge in [-0.15, -0.1) is 15.0 Å². The standard InChI is InChI=1S/C22H19N5O3/c1-13-10-16(12-24-22(30)15-8-6-14(7-9-15)21(23)29)20(28)19(11-13)27-25-17-4-2-3-5-18(17)26-27/h2-11,28H,12H2,1H3,(H2,23,29)(H,24,30). The predicted octanol–water partition coefficient (Wildman–Crippen LogP) is 2.46. The van der Waals surface area contributed by atoms with Crippen molar-refractivity contribution >= 4 is 22.8 Å². The number of aromatic hydroxyl groups is 1. The number of primary amides is 1. The minimum atomic E-state index is -0.556. The van der Waals surface area contributed by atoms with E-state index in [1.807, 2.05) is 31.2 Å². The molecule has 4 rings (SSSR count). The van der Waals surface area contributed by atoms with Crippen molar-refractivity contribution in [3.05, 3.63) is 82.9 Å². The highest BCUT2D eigenvalue weighted by molar-refractivity contribution is 5.97. The maximum atomic E-state index is 12.4. The molecule has 1 heterocycles. The second-order valence-corrected chi connectivity index (χ2v) is 6.89. The molecule has 0 radical (unpaired) electrons. The van der Waals surface area contributed by atoms with Gasteiger partial charge in [0.15, 0.2) is 0 Å². The quantitative estimate of drug-likeness (QED) is 0.474. The summed E-state index contributed by atoms with van der Waals surface area (Å²) in [5.41, 5.74) is 9.21. The number of carbonyl (C=O) groups is 2. The number of aryl methyl sites for hydroxylation is 1. The first-order valence-corrected chi connectivity index (χ1v) is 9.25. The Hall–Kier alpha value is -4.20. The molecule has 1 aromatic heterocycles. The van der Waals surface area contributed by atoms with E-state index < -0.39 is 5.91 Å². The van der Waals surface area contributed by atoms with Crippen molar-refractivity contribution in [3.63, 3.8) is 0 Å². The number of benzene rings is 3. The van der Waals surface area contributed by atoms with E-state index in [0.29, 0.717) is 33.4 Å². The Morgan fingerprint density at radius 1 is 1.00 bits per heavy atom. The molecule has 2 amide bonds. The molecular weight excluding hydrogens is 382 g/mol. The number of phenolic OH excluding ortho intramolecular Hbond substituents is 1. The zero-order valence-corrected chi connectivity index (χ0v) is 16.2. The van der Waals surface area contributed by atoms with Gasteiger partial charge in [0.2, 0.25) is 5.91 Å². The fourth-order valence-electron chi connectivity index (χ4n) is 3.15. The van der Waals surface area contributed by atoms with Crippen LogP contribution in [0.5, 0.6) is 5.75 Å². The van der Waals surface area contributed by atoms with Gasteiger partial charge in [0.05, 0.1) is 0 Å². The summed E-state index contributed by atoms with van der Waals surface area (Å²) in [4.78, 5) is 25.0. The van der Waals surface area contributed by atoms with Crippen LogP contribution in [0, 0.1) is 6.92 Å². The number of hydrogen-bond donors (Lipinski definition) is 3. The molecule has 8 heteroatoms. The van der Waals surface area contributed by atoms with E-state index in [2.05, 4.69) is 15.5 Å². The van der Waals surface area contributed by atoms with E-state index >= 15 is 0 Å². The second-order valence-electron chi connectivity index (χ2n) is 6.89. The van der Waals surface area contributed by atoms with Crippen molar-refractivity contribution in [3.8, 4) is 11.4 Å². The molecule has 0 unspecified atom stereocenters. The summed E-state index contributed by atoms with van der Waals surface area (Å²) in [6, 6.07) is 17.0. The number of amides is 2. The molecule has 3 aromatic carbocycles. The Morgan fingerprint density at radius 3 is 2.20 bits per heavy atom. The third-order valence-corrected chi connectivity index (χ3v) is 4.69. The Bertz CT molecular complexity index is 1230. The van der Waals surface area contributed by atoms with Crippen LogP contribution in [0.1, 0.15) is 31.8 Å². The van der Waals surface area contributed by atoms with Crippen molar-refractivity contribution < 1.29 is 14.7 Å². The average Bonchev–Trinajstić information content (AvgIpc) is 3.18. The lowest BCUT2D eigenvalue weighted by Gasteiger charge is -2.12. The van der Waals surface area contributed by atoms with Crippen molar-refractivity contribution in [2.24, 2.45) is 5.73 Å². The molecule has 0 saturated carbocycles. The van der Waals surface area contributed by atoms with Gasteiger partial charge in [-0.3, -0.25) is 9.59 Å². The number of carbonyl (C=O) groups excluding carboxylic acids is 2. The van der Waals surface area contributed by atoms with E-state index in [9.17, 15) is 14.7 Å². The highest BCUT2D eigenvalue weighted by atomic mass is 16.3. The van der Waals surface area contributed by atoms with Crippen molar-refractivity contribution in [2.45, 2.75) is 13.5 Å². The van der Waals surface area contributed by atoms with Crippen LogP contribution in [0.4, 0.5) is 0 Å². The largest absolute Gasteiger partial charge is 0.505 e. The van der Waals surface area contributed by atoms with E-state index in [4.69, 9.17) is 5.73 Å². The maximum Gasteiger partial charge on any atom is 0.251 e. The van der Waals surface area contributed by atoms with Crippen molar-refractivity contribution in [1.82, 2.24) is 20.3 Å². The molecule has 4 N–H and O–H groups in total. The molecule has 0 bridgehead atoms.